The van der Waals surface area contributed by atoms with Gasteiger partial charge in [-0.2, -0.15) is 5.10 Å². The van der Waals surface area contributed by atoms with Crippen LogP contribution in [0.2, 0.25) is 0 Å². The smallest absolute Gasteiger partial charge is 0.0628 e. The molecule has 0 aromatic carbocycles. The molecular formula is C11H20N2. The molecule has 1 N–H and O–H groups in total. The van der Waals surface area contributed by atoms with E-state index in [4.69, 9.17) is 0 Å². The second kappa shape index (κ2) is 3.52. The molecule has 0 atom stereocenters. The highest BCUT2D eigenvalue weighted by Gasteiger charge is 2.20. The van der Waals surface area contributed by atoms with Crippen molar-refractivity contribution >= 4 is 5.71 Å². The molecule has 1 heterocycles. The number of allylic oxidation sites excluding steroid dienone is 1. The van der Waals surface area contributed by atoms with Crippen LogP contribution in [0.4, 0.5) is 0 Å². The van der Waals surface area contributed by atoms with Crippen LogP contribution < -0.4 is 5.43 Å². The Bertz CT molecular complexity index is 241. The Morgan fingerprint density at radius 1 is 1.38 bits per heavy atom. The van der Waals surface area contributed by atoms with Crippen LogP contribution in [0.1, 0.15) is 34.6 Å². The van der Waals surface area contributed by atoms with Gasteiger partial charge in [-0.15, -0.1) is 0 Å². The van der Waals surface area contributed by atoms with Gasteiger partial charge in [0.25, 0.3) is 0 Å². The number of hydrogen-bond acceptors (Lipinski definition) is 2. The second-order valence-corrected chi connectivity index (χ2v) is 4.95. The van der Waals surface area contributed by atoms with Gasteiger partial charge in [-0.3, -0.25) is 0 Å². The summed E-state index contributed by atoms with van der Waals surface area (Å²) in [6.07, 6.45) is 2.24. The molecule has 0 aromatic heterocycles. The van der Waals surface area contributed by atoms with E-state index in [1.54, 1.807) is 0 Å². The van der Waals surface area contributed by atoms with Crippen molar-refractivity contribution in [3.05, 3.63) is 11.6 Å². The summed E-state index contributed by atoms with van der Waals surface area (Å²) in [4.78, 5) is 0. The molecule has 0 unspecified atom stereocenters. The van der Waals surface area contributed by atoms with E-state index in [1.807, 2.05) is 0 Å². The van der Waals surface area contributed by atoms with E-state index in [9.17, 15) is 0 Å². The number of hydrazone groups is 1. The summed E-state index contributed by atoms with van der Waals surface area (Å²) < 4.78 is 0. The molecule has 0 radical (unpaired) electrons. The Balaban J connectivity index is 2.85. The average molecular weight is 180 g/mol. The fourth-order valence-electron chi connectivity index (χ4n) is 1.26. The average Bonchev–Trinajstić information content (AvgIpc) is 2.03. The third-order valence-corrected chi connectivity index (χ3v) is 2.35. The summed E-state index contributed by atoms with van der Waals surface area (Å²) in [7, 11) is 0. The Kier molecular flexibility index (Phi) is 2.79. The summed E-state index contributed by atoms with van der Waals surface area (Å²) in [6.45, 7) is 11.9. The summed E-state index contributed by atoms with van der Waals surface area (Å²) >= 11 is 0. The summed E-state index contributed by atoms with van der Waals surface area (Å²) in [5, 5.41) is 4.28. The van der Waals surface area contributed by atoms with Gasteiger partial charge < -0.3 is 5.43 Å². The van der Waals surface area contributed by atoms with Gasteiger partial charge in [-0.1, -0.05) is 34.6 Å². The lowest BCUT2D eigenvalue weighted by Gasteiger charge is -2.26. The van der Waals surface area contributed by atoms with E-state index in [0.29, 0.717) is 5.92 Å². The number of nitrogens with zero attached hydrogens (tertiary/aromatic N) is 1. The topological polar surface area (TPSA) is 24.4 Å². The van der Waals surface area contributed by atoms with Crippen molar-refractivity contribution in [3.63, 3.8) is 0 Å². The zero-order chi connectivity index (χ0) is 10.1. The highest BCUT2D eigenvalue weighted by molar-refractivity contribution is 5.97. The predicted octanol–water partition coefficient (Wildman–Crippen LogP) is 2.57. The largest absolute Gasteiger partial charge is 0.306 e. The highest BCUT2D eigenvalue weighted by Crippen LogP contribution is 2.26. The molecule has 0 aliphatic carbocycles. The monoisotopic (exact) mass is 180 g/mol. The zero-order valence-corrected chi connectivity index (χ0v) is 9.31. The standard InChI is InChI=1S/C11H20N2/c1-8(2)10-6-9(7-12-13-10)11(3,4)5/h6,8,12H,7H2,1-5H3. The van der Waals surface area contributed by atoms with Gasteiger partial charge in [0, 0.05) is 0 Å². The van der Waals surface area contributed by atoms with Crippen LogP contribution in [-0.2, 0) is 0 Å². The molecule has 1 aliphatic heterocycles. The second-order valence-electron chi connectivity index (χ2n) is 4.95. The van der Waals surface area contributed by atoms with Gasteiger partial charge in [0.1, 0.15) is 0 Å². The highest BCUT2D eigenvalue weighted by atomic mass is 15.3. The molecule has 0 fully saturated rings. The third-order valence-electron chi connectivity index (χ3n) is 2.35. The molecule has 2 heteroatoms. The predicted molar refractivity (Wildman–Crippen MR) is 57.8 cm³/mol. The van der Waals surface area contributed by atoms with Crippen LogP contribution in [0.25, 0.3) is 0 Å². The van der Waals surface area contributed by atoms with Gasteiger partial charge >= 0.3 is 0 Å². The maximum absolute atomic E-state index is 4.28. The Hall–Kier alpha value is -0.790. The van der Waals surface area contributed by atoms with Crippen molar-refractivity contribution in [1.82, 2.24) is 5.43 Å². The minimum Gasteiger partial charge on any atom is -0.306 e. The molecule has 2 nitrogen and oxygen atoms in total. The van der Waals surface area contributed by atoms with E-state index in [0.717, 1.165) is 12.3 Å². The van der Waals surface area contributed by atoms with E-state index < -0.39 is 0 Å². The van der Waals surface area contributed by atoms with Crippen LogP contribution in [0.5, 0.6) is 0 Å². The van der Waals surface area contributed by atoms with Gasteiger partial charge in [0.2, 0.25) is 0 Å². The van der Waals surface area contributed by atoms with Crippen molar-refractivity contribution in [2.45, 2.75) is 34.6 Å². The molecule has 0 amide bonds. The lowest BCUT2D eigenvalue weighted by Crippen LogP contribution is -2.27. The van der Waals surface area contributed by atoms with Crippen LogP contribution in [0, 0.1) is 11.3 Å². The van der Waals surface area contributed by atoms with E-state index in [1.165, 1.54) is 5.57 Å². The SMILES string of the molecule is CC(C)C1=NNCC(C(C)(C)C)=C1. The minimum absolute atomic E-state index is 0.253. The first-order valence-electron chi connectivity index (χ1n) is 4.93. The van der Waals surface area contributed by atoms with Crippen molar-refractivity contribution in [2.24, 2.45) is 16.4 Å². The molecule has 13 heavy (non-hydrogen) atoms. The summed E-state index contributed by atoms with van der Waals surface area (Å²) in [6, 6.07) is 0. The number of rotatable bonds is 1. The number of hydrogen-bond donors (Lipinski definition) is 1. The fraction of sp³-hybridized carbons (Fsp3) is 0.727. The van der Waals surface area contributed by atoms with Gasteiger partial charge in [0.15, 0.2) is 0 Å². The lowest BCUT2D eigenvalue weighted by atomic mass is 9.84. The van der Waals surface area contributed by atoms with E-state index in [-0.39, 0.29) is 5.41 Å². The van der Waals surface area contributed by atoms with Crippen LogP contribution in [0.15, 0.2) is 16.8 Å². The maximum Gasteiger partial charge on any atom is 0.0628 e. The van der Waals surface area contributed by atoms with Gasteiger partial charge in [-0.25, -0.2) is 0 Å². The van der Waals surface area contributed by atoms with Crippen molar-refractivity contribution in [1.29, 1.82) is 0 Å². The molecule has 0 saturated carbocycles. The first-order valence-corrected chi connectivity index (χ1v) is 4.93. The molecule has 0 aromatic rings. The van der Waals surface area contributed by atoms with Gasteiger partial charge in [-0.05, 0) is 23.0 Å². The van der Waals surface area contributed by atoms with E-state index in [2.05, 4.69) is 51.2 Å². The number of nitrogens with one attached hydrogen (secondary N) is 1. The Morgan fingerprint density at radius 2 is 2.00 bits per heavy atom. The Labute approximate surface area is 81.1 Å². The normalized spacial score (nSPS) is 18.0. The van der Waals surface area contributed by atoms with Crippen molar-refractivity contribution < 1.29 is 0 Å². The molecule has 0 saturated heterocycles. The molecule has 74 valence electrons. The molecule has 1 rings (SSSR count). The summed E-state index contributed by atoms with van der Waals surface area (Å²) in [5.74, 6) is 0.505. The van der Waals surface area contributed by atoms with E-state index >= 15 is 0 Å². The fourth-order valence-corrected chi connectivity index (χ4v) is 1.26. The lowest BCUT2D eigenvalue weighted by molar-refractivity contribution is 0.478. The minimum atomic E-state index is 0.253. The zero-order valence-electron chi connectivity index (χ0n) is 9.31. The molecule has 1 aliphatic rings. The molecular weight excluding hydrogens is 160 g/mol. The van der Waals surface area contributed by atoms with Crippen molar-refractivity contribution in [3.8, 4) is 0 Å². The van der Waals surface area contributed by atoms with Gasteiger partial charge in [0.05, 0.1) is 12.3 Å². The third kappa shape index (κ3) is 2.58. The van der Waals surface area contributed by atoms with Crippen LogP contribution in [0.3, 0.4) is 0 Å². The first kappa shape index (κ1) is 10.3. The Morgan fingerprint density at radius 3 is 2.46 bits per heavy atom. The quantitative estimate of drug-likeness (QED) is 0.659. The maximum atomic E-state index is 4.28. The molecule has 0 spiro atoms. The summed E-state index contributed by atoms with van der Waals surface area (Å²) in [5.41, 5.74) is 5.94. The first-order chi connectivity index (χ1) is 5.91. The molecule has 0 bridgehead atoms. The van der Waals surface area contributed by atoms with Crippen LogP contribution in [-0.4, -0.2) is 12.3 Å². The van der Waals surface area contributed by atoms with Crippen LogP contribution >= 0.6 is 0 Å². The van der Waals surface area contributed by atoms with Crippen molar-refractivity contribution in [2.75, 3.05) is 6.54 Å².